The summed E-state index contributed by atoms with van der Waals surface area (Å²) in [5, 5.41) is 12.0. The summed E-state index contributed by atoms with van der Waals surface area (Å²) in [5.74, 6) is 0. The molecular formula is C54H34N2O. The summed E-state index contributed by atoms with van der Waals surface area (Å²) in [5.41, 5.74) is 10.9. The molecule has 0 spiro atoms. The van der Waals surface area contributed by atoms with E-state index in [-0.39, 0.29) is 0 Å². The Hall–Kier alpha value is -7.62. The second-order valence-electron chi connectivity index (χ2n) is 14.9. The van der Waals surface area contributed by atoms with Crippen LogP contribution in [0, 0.1) is 0 Å². The molecule has 12 aromatic rings. The second kappa shape index (κ2) is 12.5. The molecule has 3 heteroatoms. The minimum Gasteiger partial charge on any atom is -0.455 e. The number of nitrogens with zero attached hydrogens (tertiary/aromatic N) is 2. The van der Waals surface area contributed by atoms with E-state index < -0.39 is 0 Å². The number of anilines is 3. The van der Waals surface area contributed by atoms with Crippen molar-refractivity contribution in [3.63, 3.8) is 0 Å². The lowest BCUT2D eigenvalue weighted by atomic mass is 10.0. The lowest BCUT2D eigenvalue weighted by Crippen LogP contribution is -2.09. The van der Waals surface area contributed by atoms with Gasteiger partial charge in [-0.1, -0.05) is 133 Å². The van der Waals surface area contributed by atoms with E-state index in [1.165, 1.54) is 54.3 Å². The highest BCUT2D eigenvalue weighted by atomic mass is 16.3. The van der Waals surface area contributed by atoms with Crippen LogP contribution in [0.1, 0.15) is 0 Å². The Labute approximate surface area is 328 Å². The van der Waals surface area contributed by atoms with Crippen LogP contribution in [0.3, 0.4) is 0 Å². The minimum absolute atomic E-state index is 0.869. The lowest BCUT2D eigenvalue weighted by molar-refractivity contribution is 0.672. The maximum absolute atomic E-state index is 6.70. The van der Waals surface area contributed by atoms with E-state index in [2.05, 4.69) is 216 Å². The van der Waals surface area contributed by atoms with E-state index in [9.17, 15) is 0 Å². The zero-order valence-electron chi connectivity index (χ0n) is 30.9. The van der Waals surface area contributed by atoms with E-state index in [1.807, 2.05) is 0 Å². The number of furan rings is 1. The molecule has 0 radical (unpaired) electrons. The molecule has 266 valence electrons. The number of hydrogen-bond acceptors (Lipinski definition) is 2. The van der Waals surface area contributed by atoms with Crippen molar-refractivity contribution in [3.05, 3.63) is 206 Å². The van der Waals surface area contributed by atoms with Gasteiger partial charge in [0.15, 0.2) is 0 Å². The maximum atomic E-state index is 6.70. The Morgan fingerprint density at radius 3 is 1.67 bits per heavy atom. The molecule has 0 unspecified atom stereocenters. The van der Waals surface area contributed by atoms with E-state index in [0.717, 1.165) is 55.6 Å². The highest BCUT2D eigenvalue weighted by Gasteiger charge is 2.18. The van der Waals surface area contributed by atoms with Gasteiger partial charge in [-0.3, -0.25) is 0 Å². The molecule has 3 nitrogen and oxygen atoms in total. The topological polar surface area (TPSA) is 21.3 Å². The first-order chi connectivity index (χ1) is 28.2. The third-order valence-electron chi connectivity index (χ3n) is 11.7. The maximum Gasteiger partial charge on any atom is 0.143 e. The molecule has 0 fully saturated rings. The third-order valence-corrected chi connectivity index (χ3v) is 11.7. The van der Waals surface area contributed by atoms with Crippen LogP contribution in [0.4, 0.5) is 17.1 Å². The summed E-state index contributed by atoms with van der Waals surface area (Å²) in [7, 11) is 0. The van der Waals surface area contributed by atoms with Gasteiger partial charge in [0.25, 0.3) is 0 Å². The molecule has 2 aromatic heterocycles. The van der Waals surface area contributed by atoms with Gasteiger partial charge in [0.1, 0.15) is 11.2 Å². The van der Waals surface area contributed by atoms with Gasteiger partial charge in [0.2, 0.25) is 0 Å². The van der Waals surface area contributed by atoms with Crippen molar-refractivity contribution in [3.8, 4) is 16.8 Å². The average Bonchev–Trinajstić information content (AvgIpc) is 3.83. The number of hydrogen-bond donors (Lipinski definition) is 0. The van der Waals surface area contributed by atoms with Gasteiger partial charge in [0.05, 0.1) is 11.0 Å². The van der Waals surface area contributed by atoms with E-state index in [4.69, 9.17) is 4.42 Å². The minimum atomic E-state index is 0.869. The molecule has 0 aliphatic heterocycles. The summed E-state index contributed by atoms with van der Waals surface area (Å²) in [4.78, 5) is 2.35. The number of aromatic nitrogens is 1. The summed E-state index contributed by atoms with van der Waals surface area (Å²) in [6.45, 7) is 0. The van der Waals surface area contributed by atoms with Crippen LogP contribution in [-0.4, -0.2) is 4.57 Å². The molecule has 12 rings (SSSR count). The quantitative estimate of drug-likeness (QED) is 0.165. The molecule has 10 aromatic carbocycles. The lowest BCUT2D eigenvalue weighted by Gasteiger charge is -2.26. The van der Waals surface area contributed by atoms with Gasteiger partial charge in [-0.25, -0.2) is 0 Å². The second-order valence-corrected chi connectivity index (χ2v) is 14.9. The molecule has 0 N–H and O–H groups in total. The van der Waals surface area contributed by atoms with Crippen LogP contribution < -0.4 is 4.90 Å². The number of fused-ring (bicyclic) bond motifs is 11. The van der Waals surface area contributed by atoms with Gasteiger partial charge in [-0.05, 0) is 105 Å². The van der Waals surface area contributed by atoms with Crippen LogP contribution in [0.15, 0.2) is 211 Å². The number of benzene rings is 10. The van der Waals surface area contributed by atoms with Crippen molar-refractivity contribution in [1.82, 2.24) is 4.57 Å². The van der Waals surface area contributed by atoms with Gasteiger partial charge < -0.3 is 13.9 Å². The van der Waals surface area contributed by atoms with Crippen molar-refractivity contribution in [2.45, 2.75) is 0 Å². The molecule has 0 bridgehead atoms. The average molecular weight is 727 g/mol. The van der Waals surface area contributed by atoms with Gasteiger partial charge in [-0.15, -0.1) is 0 Å². The molecule has 0 saturated heterocycles. The number of para-hydroxylation sites is 2. The van der Waals surface area contributed by atoms with Crippen molar-refractivity contribution in [2.24, 2.45) is 0 Å². The van der Waals surface area contributed by atoms with Crippen LogP contribution >= 0.6 is 0 Å². The van der Waals surface area contributed by atoms with Crippen molar-refractivity contribution < 1.29 is 4.42 Å². The Balaban J connectivity index is 1.00. The fourth-order valence-corrected chi connectivity index (χ4v) is 9.04. The van der Waals surface area contributed by atoms with Crippen LogP contribution in [0.2, 0.25) is 0 Å². The zero-order valence-corrected chi connectivity index (χ0v) is 30.9. The first kappa shape index (κ1) is 31.7. The smallest absolute Gasteiger partial charge is 0.143 e. The fourth-order valence-electron chi connectivity index (χ4n) is 9.04. The van der Waals surface area contributed by atoms with Gasteiger partial charge >= 0.3 is 0 Å². The summed E-state index contributed by atoms with van der Waals surface area (Å²) < 4.78 is 9.08. The summed E-state index contributed by atoms with van der Waals surface area (Å²) in [6.07, 6.45) is 0. The molecule has 0 atom stereocenters. The Morgan fingerprint density at radius 1 is 0.333 bits per heavy atom. The van der Waals surface area contributed by atoms with Crippen molar-refractivity contribution in [1.29, 1.82) is 0 Å². The molecule has 0 aliphatic rings. The first-order valence-corrected chi connectivity index (χ1v) is 19.5. The predicted octanol–water partition coefficient (Wildman–Crippen LogP) is 15.3. The molecule has 57 heavy (non-hydrogen) atoms. The molecule has 0 amide bonds. The van der Waals surface area contributed by atoms with E-state index in [1.54, 1.807) is 0 Å². The molecule has 0 aliphatic carbocycles. The summed E-state index contributed by atoms with van der Waals surface area (Å²) >= 11 is 0. The first-order valence-electron chi connectivity index (χ1n) is 19.5. The summed E-state index contributed by atoms with van der Waals surface area (Å²) in [6, 6.07) is 74.5. The molecular weight excluding hydrogens is 693 g/mol. The predicted molar refractivity (Wildman–Crippen MR) is 241 cm³/mol. The Bertz CT molecular complexity index is 3480. The van der Waals surface area contributed by atoms with Gasteiger partial charge in [-0.2, -0.15) is 0 Å². The normalized spacial score (nSPS) is 11.9. The van der Waals surface area contributed by atoms with Crippen molar-refractivity contribution >= 4 is 93.1 Å². The highest BCUT2D eigenvalue weighted by molar-refractivity contribution is 6.16. The highest BCUT2D eigenvalue weighted by Crippen LogP contribution is 2.42. The Kier molecular flexibility index (Phi) is 6.93. The van der Waals surface area contributed by atoms with Crippen LogP contribution in [0.5, 0.6) is 0 Å². The Morgan fingerprint density at radius 2 is 0.895 bits per heavy atom. The zero-order chi connectivity index (χ0) is 37.5. The third kappa shape index (κ3) is 4.99. The largest absolute Gasteiger partial charge is 0.455 e. The van der Waals surface area contributed by atoms with E-state index in [0.29, 0.717) is 0 Å². The fraction of sp³-hybridized carbons (Fsp3) is 0. The van der Waals surface area contributed by atoms with Crippen LogP contribution in [-0.2, 0) is 0 Å². The van der Waals surface area contributed by atoms with Gasteiger partial charge in [0, 0.05) is 55.7 Å². The SMILES string of the molecule is c1cc(-c2ccc(N(c3ccc4c(c3)oc3c5ccccc5ccc43)c3ccc4ccc5ccccc5c4c3)cc2)cc(-n2c3ccccc3c3ccccc32)c1. The van der Waals surface area contributed by atoms with Crippen molar-refractivity contribution in [2.75, 3.05) is 4.90 Å². The molecule has 0 saturated carbocycles. The number of rotatable bonds is 5. The molecule has 2 heterocycles. The van der Waals surface area contributed by atoms with Crippen LogP contribution in [0.25, 0.3) is 92.9 Å². The van der Waals surface area contributed by atoms with E-state index >= 15 is 0 Å². The standard InChI is InChI=1S/C54H34N2O/c1-3-14-44-36(10-1)20-21-38-24-28-42(33-50(38)44)55(43-29-31-48-49-30-25-37-11-2-4-15-45(37)54(49)57-53(48)34-43)40-26-22-35(23-27-40)39-12-9-13-41(32-39)56-51-18-7-5-16-46(51)47-17-6-8-19-52(47)56/h1-34H. The monoisotopic (exact) mass is 726 g/mol.